The van der Waals surface area contributed by atoms with Crippen molar-refractivity contribution in [3.8, 4) is 22.8 Å². The fraction of sp³-hybridized carbons (Fsp3) is 0.471. The largest absolute Gasteiger partial charge is 0.435 e. The maximum absolute atomic E-state index is 12.8. The molecular weight excluding hydrogens is 398 g/mol. The van der Waals surface area contributed by atoms with Crippen LogP contribution in [-0.4, -0.2) is 37.7 Å². The van der Waals surface area contributed by atoms with Gasteiger partial charge in [0, 0.05) is 20.2 Å². The standard InChI is InChI=1S/C17H23F4N3O3Si/c1-28(2,3)7-6-25-10-24-15(13(22)9-23-24)12-8-11(26-16(18)19)4-5-14(12)27-17(20)21/h4-5,8-9,16-17H,6-7,10,22H2,1-3H3. The molecule has 1 heterocycles. The molecule has 0 aliphatic rings. The summed E-state index contributed by atoms with van der Waals surface area (Å²) in [5.41, 5.74) is 6.34. The Morgan fingerprint density at radius 2 is 1.79 bits per heavy atom. The van der Waals surface area contributed by atoms with E-state index in [4.69, 9.17) is 10.5 Å². The summed E-state index contributed by atoms with van der Waals surface area (Å²) in [4.78, 5) is 0. The lowest BCUT2D eigenvalue weighted by Gasteiger charge is -2.17. The van der Waals surface area contributed by atoms with Crippen molar-refractivity contribution >= 4 is 13.8 Å². The first kappa shape index (κ1) is 22.0. The first-order valence-corrected chi connectivity index (χ1v) is 12.2. The highest BCUT2D eigenvalue weighted by Crippen LogP contribution is 2.37. The number of anilines is 1. The Balaban J connectivity index is 2.32. The molecule has 2 aromatic rings. The van der Waals surface area contributed by atoms with Gasteiger partial charge in [-0.2, -0.15) is 22.7 Å². The molecule has 11 heteroatoms. The Hall–Kier alpha value is -2.27. The molecule has 1 aromatic carbocycles. The topological polar surface area (TPSA) is 71.5 Å². The van der Waals surface area contributed by atoms with Gasteiger partial charge in [0.05, 0.1) is 17.6 Å². The maximum Gasteiger partial charge on any atom is 0.387 e. The fourth-order valence-corrected chi connectivity index (χ4v) is 3.15. The third-order valence-electron chi connectivity index (χ3n) is 3.73. The second kappa shape index (κ2) is 9.28. The summed E-state index contributed by atoms with van der Waals surface area (Å²) in [6.45, 7) is 0.963. The Labute approximate surface area is 161 Å². The number of halogens is 4. The number of benzene rings is 1. The van der Waals surface area contributed by atoms with Crippen molar-refractivity contribution in [1.82, 2.24) is 9.78 Å². The minimum Gasteiger partial charge on any atom is -0.435 e. The maximum atomic E-state index is 12.8. The van der Waals surface area contributed by atoms with E-state index in [2.05, 4.69) is 34.2 Å². The van der Waals surface area contributed by atoms with E-state index in [1.165, 1.54) is 10.9 Å². The number of hydrogen-bond acceptors (Lipinski definition) is 5. The number of ether oxygens (including phenoxy) is 3. The Morgan fingerprint density at radius 1 is 1.11 bits per heavy atom. The van der Waals surface area contributed by atoms with Crippen LogP contribution in [0, 0.1) is 0 Å². The molecule has 0 saturated heterocycles. The summed E-state index contributed by atoms with van der Waals surface area (Å²) in [5.74, 6) is -0.467. The number of rotatable bonds is 10. The molecule has 0 unspecified atom stereocenters. The number of nitrogens with two attached hydrogens (primary N) is 1. The van der Waals surface area contributed by atoms with Crippen LogP contribution >= 0.6 is 0 Å². The third-order valence-corrected chi connectivity index (χ3v) is 5.43. The van der Waals surface area contributed by atoms with E-state index in [0.29, 0.717) is 6.61 Å². The lowest BCUT2D eigenvalue weighted by atomic mass is 10.1. The predicted molar refractivity (Wildman–Crippen MR) is 99.4 cm³/mol. The molecule has 0 radical (unpaired) electrons. The molecule has 0 aliphatic heterocycles. The van der Waals surface area contributed by atoms with Gasteiger partial charge in [-0.3, -0.25) is 0 Å². The molecule has 156 valence electrons. The summed E-state index contributed by atoms with van der Waals surface area (Å²) < 4.78 is 66.4. The van der Waals surface area contributed by atoms with Gasteiger partial charge < -0.3 is 19.9 Å². The normalized spacial score (nSPS) is 12.0. The molecule has 2 rings (SSSR count). The van der Waals surface area contributed by atoms with Gasteiger partial charge in [-0.05, 0) is 24.2 Å². The molecule has 0 spiro atoms. The SMILES string of the molecule is C[Si](C)(C)CCOCn1ncc(N)c1-c1cc(OC(F)F)ccc1OC(F)F. The van der Waals surface area contributed by atoms with Gasteiger partial charge in [0.2, 0.25) is 0 Å². The van der Waals surface area contributed by atoms with E-state index >= 15 is 0 Å². The Morgan fingerprint density at radius 3 is 2.39 bits per heavy atom. The number of nitrogens with zero attached hydrogens (tertiary/aromatic N) is 2. The van der Waals surface area contributed by atoms with Crippen molar-refractivity contribution < 1.29 is 31.8 Å². The van der Waals surface area contributed by atoms with Crippen LogP contribution in [-0.2, 0) is 11.5 Å². The lowest BCUT2D eigenvalue weighted by Crippen LogP contribution is -2.22. The van der Waals surface area contributed by atoms with E-state index in [9.17, 15) is 17.6 Å². The van der Waals surface area contributed by atoms with Crippen LogP contribution in [0.2, 0.25) is 25.7 Å². The minimum atomic E-state index is -3.11. The van der Waals surface area contributed by atoms with E-state index in [-0.39, 0.29) is 35.2 Å². The molecule has 0 amide bonds. The second-order valence-corrected chi connectivity index (χ2v) is 12.8. The molecule has 0 fully saturated rings. The summed E-state index contributed by atoms with van der Waals surface area (Å²) in [6, 6.07) is 4.29. The third kappa shape index (κ3) is 6.41. The zero-order valence-electron chi connectivity index (χ0n) is 15.8. The smallest absolute Gasteiger partial charge is 0.387 e. The van der Waals surface area contributed by atoms with E-state index < -0.39 is 21.3 Å². The van der Waals surface area contributed by atoms with E-state index in [0.717, 1.165) is 24.2 Å². The van der Waals surface area contributed by atoms with Gasteiger partial charge >= 0.3 is 13.2 Å². The van der Waals surface area contributed by atoms with Gasteiger partial charge in [0.25, 0.3) is 0 Å². The van der Waals surface area contributed by atoms with Crippen LogP contribution < -0.4 is 15.2 Å². The molecule has 0 atom stereocenters. The monoisotopic (exact) mass is 421 g/mol. The average Bonchev–Trinajstić information content (AvgIpc) is 2.92. The highest BCUT2D eigenvalue weighted by Gasteiger charge is 2.20. The molecule has 2 N–H and O–H groups in total. The highest BCUT2D eigenvalue weighted by molar-refractivity contribution is 6.76. The summed E-state index contributed by atoms with van der Waals surface area (Å²) in [7, 11) is -1.29. The van der Waals surface area contributed by atoms with E-state index in [1.807, 2.05) is 0 Å². The molecule has 0 bridgehead atoms. The average molecular weight is 421 g/mol. The van der Waals surface area contributed by atoms with Gasteiger partial charge in [-0.1, -0.05) is 19.6 Å². The van der Waals surface area contributed by atoms with Crippen LogP contribution in [0.3, 0.4) is 0 Å². The van der Waals surface area contributed by atoms with Crippen molar-refractivity contribution in [1.29, 1.82) is 0 Å². The zero-order chi connectivity index (χ0) is 20.9. The van der Waals surface area contributed by atoms with Gasteiger partial charge in [-0.25, -0.2) is 4.68 Å². The van der Waals surface area contributed by atoms with Crippen molar-refractivity contribution in [3.63, 3.8) is 0 Å². The molecular formula is C17H23F4N3O3Si. The highest BCUT2D eigenvalue weighted by atomic mass is 28.3. The van der Waals surface area contributed by atoms with Crippen molar-refractivity contribution in [2.24, 2.45) is 0 Å². The molecule has 6 nitrogen and oxygen atoms in total. The number of alkyl halides is 4. The van der Waals surface area contributed by atoms with Gasteiger partial charge in [0.1, 0.15) is 18.2 Å². The number of aromatic nitrogens is 2. The summed E-state index contributed by atoms with van der Waals surface area (Å²) >= 11 is 0. The first-order valence-electron chi connectivity index (χ1n) is 8.50. The van der Waals surface area contributed by atoms with Gasteiger partial charge in [0.15, 0.2) is 0 Å². The molecule has 0 aliphatic carbocycles. The molecule has 1 aromatic heterocycles. The van der Waals surface area contributed by atoms with Crippen LogP contribution in [0.15, 0.2) is 24.4 Å². The van der Waals surface area contributed by atoms with Crippen molar-refractivity contribution in [3.05, 3.63) is 24.4 Å². The summed E-state index contributed by atoms with van der Waals surface area (Å²) in [5, 5.41) is 4.08. The number of nitrogen functional groups attached to an aromatic ring is 1. The predicted octanol–water partition coefficient (Wildman–Crippen LogP) is 4.65. The summed E-state index contributed by atoms with van der Waals surface area (Å²) in [6.07, 6.45) is 1.32. The first-order chi connectivity index (χ1) is 13.1. The Bertz CT molecular complexity index is 781. The Kier molecular flexibility index (Phi) is 7.30. The van der Waals surface area contributed by atoms with Crippen molar-refractivity contribution in [2.45, 2.75) is 45.6 Å². The van der Waals surface area contributed by atoms with Crippen molar-refractivity contribution in [2.75, 3.05) is 12.3 Å². The minimum absolute atomic E-state index is 0.0189. The lowest BCUT2D eigenvalue weighted by molar-refractivity contribution is -0.0527. The molecule has 28 heavy (non-hydrogen) atoms. The van der Waals surface area contributed by atoms with Crippen LogP contribution in [0.4, 0.5) is 23.2 Å². The fourth-order valence-electron chi connectivity index (χ4n) is 2.39. The van der Waals surface area contributed by atoms with Crippen LogP contribution in [0.5, 0.6) is 11.5 Å². The second-order valence-electron chi connectivity index (χ2n) is 7.21. The zero-order valence-corrected chi connectivity index (χ0v) is 16.8. The van der Waals surface area contributed by atoms with E-state index in [1.54, 1.807) is 0 Å². The van der Waals surface area contributed by atoms with Gasteiger partial charge in [-0.15, -0.1) is 0 Å². The molecule has 0 saturated carbocycles. The van der Waals surface area contributed by atoms with Crippen LogP contribution in [0.25, 0.3) is 11.3 Å². The number of hydrogen-bond donors (Lipinski definition) is 1. The quantitative estimate of drug-likeness (QED) is 0.344. The van der Waals surface area contributed by atoms with Crippen LogP contribution in [0.1, 0.15) is 0 Å².